The molecule has 1 unspecified atom stereocenters. The number of hydrogen-bond donors (Lipinski definition) is 1. The van der Waals surface area contributed by atoms with Crippen molar-refractivity contribution < 1.29 is 0 Å². The number of nitrogens with zero attached hydrogens (tertiary/aromatic N) is 3. The fourth-order valence-electron chi connectivity index (χ4n) is 1.82. The summed E-state index contributed by atoms with van der Waals surface area (Å²) in [6.07, 6.45) is 1.97. The molecule has 86 valence electrons. The van der Waals surface area contributed by atoms with Gasteiger partial charge in [0, 0.05) is 11.1 Å². The molecule has 2 N–H and O–H groups in total. The molecule has 0 aliphatic heterocycles. The number of aromatic nitrogens is 3. The van der Waals surface area contributed by atoms with Crippen molar-refractivity contribution in [1.82, 2.24) is 14.6 Å². The smallest absolute Gasteiger partial charge is 0.161 e. The molecule has 17 heavy (non-hydrogen) atoms. The van der Waals surface area contributed by atoms with Crippen molar-refractivity contribution in [1.29, 1.82) is 0 Å². The normalized spacial score (nSPS) is 13.1. The molecule has 0 bridgehead atoms. The molecule has 0 saturated carbocycles. The topological polar surface area (TPSA) is 56.2 Å². The van der Waals surface area contributed by atoms with Crippen LogP contribution >= 0.6 is 11.3 Å². The minimum Gasteiger partial charge on any atom is -0.317 e. The van der Waals surface area contributed by atoms with Crippen LogP contribution in [0.5, 0.6) is 0 Å². The first kappa shape index (κ1) is 10.4. The molecule has 3 aromatic heterocycles. The molecule has 0 amide bonds. The van der Waals surface area contributed by atoms with Crippen molar-refractivity contribution in [3.05, 3.63) is 52.1 Å². The Kier molecular flexibility index (Phi) is 2.42. The van der Waals surface area contributed by atoms with E-state index in [2.05, 4.69) is 10.2 Å². The molecule has 3 aromatic rings. The minimum absolute atomic E-state index is 0.215. The number of aryl methyl sites for hydroxylation is 1. The van der Waals surface area contributed by atoms with Crippen LogP contribution in [0.25, 0.3) is 5.65 Å². The Bertz CT molecular complexity index is 642. The van der Waals surface area contributed by atoms with Crippen molar-refractivity contribution in [2.45, 2.75) is 13.0 Å². The van der Waals surface area contributed by atoms with E-state index in [-0.39, 0.29) is 6.04 Å². The summed E-state index contributed by atoms with van der Waals surface area (Å²) >= 11 is 1.63. The van der Waals surface area contributed by atoms with Crippen molar-refractivity contribution in [2.24, 2.45) is 5.73 Å². The molecule has 0 saturated heterocycles. The maximum atomic E-state index is 6.20. The number of thiophene rings is 1. The van der Waals surface area contributed by atoms with E-state index in [1.165, 1.54) is 5.56 Å². The molecular formula is C12H12N4S. The van der Waals surface area contributed by atoms with Gasteiger partial charge in [0.15, 0.2) is 11.5 Å². The van der Waals surface area contributed by atoms with E-state index in [0.29, 0.717) is 0 Å². The van der Waals surface area contributed by atoms with Crippen LogP contribution < -0.4 is 5.73 Å². The quantitative estimate of drug-likeness (QED) is 0.751. The summed E-state index contributed by atoms with van der Waals surface area (Å²) < 4.78 is 1.94. The van der Waals surface area contributed by atoms with E-state index in [9.17, 15) is 0 Å². The zero-order chi connectivity index (χ0) is 11.8. The maximum Gasteiger partial charge on any atom is 0.161 e. The van der Waals surface area contributed by atoms with Crippen molar-refractivity contribution in [2.75, 3.05) is 0 Å². The first-order valence-electron chi connectivity index (χ1n) is 5.36. The molecule has 1 atom stereocenters. The molecule has 3 heterocycles. The molecule has 4 nitrogen and oxygen atoms in total. The highest BCUT2D eigenvalue weighted by atomic mass is 32.1. The largest absolute Gasteiger partial charge is 0.317 e. The van der Waals surface area contributed by atoms with E-state index in [4.69, 9.17) is 5.73 Å². The predicted molar refractivity (Wildman–Crippen MR) is 68.1 cm³/mol. The highest BCUT2D eigenvalue weighted by Crippen LogP contribution is 2.22. The van der Waals surface area contributed by atoms with Gasteiger partial charge in [0.05, 0.1) is 0 Å². The predicted octanol–water partition coefficient (Wildman–Crippen LogP) is 2.15. The Hall–Kier alpha value is -1.72. The van der Waals surface area contributed by atoms with Gasteiger partial charge in [0.2, 0.25) is 0 Å². The van der Waals surface area contributed by atoms with Crippen LogP contribution in [-0.4, -0.2) is 14.6 Å². The third-order valence-corrected chi connectivity index (χ3v) is 3.68. The lowest BCUT2D eigenvalue weighted by Crippen LogP contribution is -2.14. The van der Waals surface area contributed by atoms with E-state index in [1.54, 1.807) is 11.3 Å². The highest BCUT2D eigenvalue weighted by Gasteiger charge is 2.16. The van der Waals surface area contributed by atoms with E-state index in [0.717, 1.165) is 16.3 Å². The van der Waals surface area contributed by atoms with E-state index < -0.39 is 0 Å². The van der Waals surface area contributed by atoms with Crippen LogP contribution in [0.15, 0.2) is 35.8 Å². The molecule has 0 aliphatic carbocycles. The van der Waals surface area contributed by atoms with Gasteiger partial charge in [0.1, 0.15) is 6.04 Å². The monoisotopic (exact) mass is 244 g/mol. The third kappa shape index (κ3) is 1.73. The average Bonchev–Trinajstić information content (AvgIpc) is 2.96. The molecule has 3 rings (SSSR count). The zero-order valence-electron chi connectivity index (χ0n) is 9.37. The van der Waals surface area contributed by atoms with Gasteiger partial charge >= 0.3 is 0 Å². The molecule has 0 aliphatic rings. The lowest BCUT2D eigenvalue weighted by atomic mass is 10.2. The summed E-state index contributed by atoms with van der Waals surface area (Å²) in [5.74, 6) is 0.780. The molecule has 0 aromatic carbocycles. The van der Waals surface area contributed by atoms with Crippen LogP contribution in [0.1, 0.15) is 22.3 Å². The number of fused-ring (bicyclic) bond motifs is 1. The summed E-state index contributed by atoms with van der Waals surface area (Å²) in [5.41, 5.74) is 8.20. The highest BCUT2D eigenvalue weighted by molar-refractivity contribution is 7.10. The second-order valence-electron chi connectivity index (χ2n) is 3.98. The Balaban J connectivity index is 2.12. The van der Waals surface area contributed by atoms with Crippen molar-refractivity contribution in [3.8, 4) is 0 Å². The number of nitrogens with two attached hydrogens (primary N) is 1. The van der Waals surface area contributed by atoms with Gasteiger partial charge in [-0.25, -0.2) is 0 Å². The minimum atomic E-state index is -0.215. The van der Waals surface area contributed by atoms with Gasteiger partial charge in [0.25, 0.3) is 0 Å². The number of pyridine rings is 1. The lowest BCUT2D eigenvalue weighted by Gasteiger charge is -2.07. The lowest BCUT2D eigenvalue weighted by molar-refractivity contribution is 0.778. The van der Waals surface area contributed by atoms with Gasteiger partial charge in [-0.15, -0.1) is 21.5 Å². The van der Waals surface area contributed by atoms with E-state index >= 15 is 0 Å². The van der Waals surface area contributed by atoms with Crippen LogP contribution in [0.2, 0.25) is 0 Å². The van der Waals surface area contributed by atoms with Gasteiger partial charge in [-0.1, -0.05) is 6.07 Å². The van der Waals surface area contributed by atoms with Crippen molar-refractivity contribution >= 4 is 17.0 Å². The van der Waals surface area contributed by atoms with Gasteiger partial charge < -0.3 is 5.73 Å². The maximum absolute atomic E-state index is 6.20. The molecule has 0 fully saturated rings. The summed E-state index contributed by atoms with van der Waals surface area (Å²) in [6, 6.07) is 7.82. The standard InChI is InChI=1S/C12H12N4S/c1-8-4-5-16-10(7-8)14-15-12(16)11(13)9-3-2-6-17-9/h2-7,11H,13H2,1H3. The van der Waals surface area contributed by atoms with Crippen LogP contribution in [0.4, 0.5) is 0 Å². The first-order chi connectivity index (χ1) is 8.25. The SMILES string of the molecule is Cc1ccn2c(C(N)c3cccs3)nnc2c1. The van der Waals surface area contributed by atoms with Crippen LogP contribution in [-0.2, 0) is 0 Å². The Morgan fingerprint density at radius 3 is 3.00 bits per heavy atom. The first-order valence-corrected chi connectivity index (χ1v) is 6.24. The van der Waals surface area contributed by atoms with E-state index in [1.807, 2.05) is 47.2 Å². The Morgan fingerprint density at radius 2 is 2.24 bits per heavy atom. The summed E-state index contributed by atoms with van der Waals surface area (Å²) in [6.45, 7) is 2.04. The van der Waals surface area contributed by atoms with Gasteiger partial charge in [-0.3, -0.25) is 4.40 Å². The number of hydrogen-bond acceptors (Lipinski definition) is 4. The van der Waals surface area contributed by atoms with Gasteiger partial charge in [-0.2, -0.15) is 0 Å². The van der Waals surface area contributed by atoms with Gasteiger partial charge in [-0.05, 0) is 36.1 Å². The van der Waals surface area contributed by atoms with Crippen molar-refractivity contribution in [3.63, 3.8) is 0 Å². The second-order valence-corrected chi connectivity index (χ2v) is 4.96. The molecule has 5 heteroatoms. The third-order valence-electron chi connectivity index (χ3n) is 2.72. The molecule has 0 radical (unpaired) electrons. The zero-order valence-corrected chi connectivity index (χ0v) is 10.2. The summed E-state index contributed by atoms with van der Waals surface area (Å²) in [4.78, 5) is 1.10. The van der Waals surface area contributed by atoms with Crippen LogP contribution in [0.3, 0.4) is 0 Å². The van der Waals surface area contributed by atoms with Crippen LogP contribution in [0, 0.1) is 6.92 Å². The Labute approximate surface area is 103 Å². The fourth-order valence-corrected chi connectivity index (χ4v) is 2.54. The second kappa shape index (κ2) is 3.94. The fraction of sp³-hybridized carbons (Fsp3) is 0.167. The Morgan fingerprint density at radius 1 is 1.35 bits per heavy atom. The summed E-state index contributed by atoms with van der Waals surface area (Å²) in [5, 5.41) is 10.4. The molecular weight excluding hydrogens is 232 g/mol. The molecule has 0 spiro atoms. The summed E-state index contributed by atoms with van der Waals surface area (Å²) in [7, 11) is 0. The number of rotatable bonds is 2. The average molecular weight is 244 g/mol.